The van der Waals surface area contributed by atoms with Crippen LogP contribution >= 0.6 is 0 Å². The van der Waals surface area contributed by atoms with Crippen molar-refractivity contribution in [1.29, 1.82) is 0 Å². The zero-order chi connectivity index (χ0) is 26.8. The summed E-state index contributed by atoms with van der Waals surface area (Å²) >= 11 is 0. The number of benzene rings is 1. The molecule has 2 unspecified atom stereocenters. The monoisotopic (exact) mass is 505 g/mol. The first-order chi connectivity index (χ1) is 17.0. The summed E-state index contributed by atoms with van der Waals surface area (Å²) < 4.78 is 23.7. The molecule has 15 heteroatoms. The number of hydrogen-bond donors (Lipinski definition) is 8. The Hall–Kier alpha value is -2.31. The standard InChI is InChI=1S/C20H28N2O13/c1-8(25)21-18-17(34-19-16(29)15(28)13(26)11(6-23)33-19)14(27)12(7-24)35-20(18,30)9-2-4-10(5-3-9)22(31)32/h2-5,11-19,23-24,26-30H,6-7H2,1H3,(H,21,25)/t11-,12-,13+,14+,15+,16-,17+,18-,19?,20?/m1/s1/i1D. The molecule has 2 aliphatic heterocycles. The van der Waals surface area contributed by atoms with Crippen molar-refractivity contribution in [3.05, 3.63) is 39.9 Å². The molecule has 10 atom stereocenters. The van der Waals surface area contributed by atoms with Gasteiger partial charge in [-0.15, -0.1) is 0 Å². The first-order valence-corrected chi connectivity index (χ1v) is 10.5. The van der Waals surface area contributed by atoms with Crippen molar-refractivity contribution in [3.8, 4) is 0 Å². The Morgan fingerprint density at radius 3 is 2.29 bits per heavy atom. The second-order valence-electron chi connectivity index (χ2n) is 8.17. The predicted molar refractivity (Wildman–Crippen MR) is 111 cm³/mol. The zero-order valence-electron chi connectivity index (χ0n) is 19.2. The molecule has 2 aliphatic rings. The van der Waals surface area contributed by atoms with E-state index in [0.29, 0.717) is 0 Å². The van der Waals surface area contributed by atoms with Crippen LogP contribution in [0, 0.1) is 10.1 Å². The van der Waals surface area contributed by atoms with Crippen molar-refractivity contribution >= 4 is 11.6 Å². The molecule has 1 aromatic carbocycles. The van der Waals surface area contributed by atoms with Gasteiger partial charge in [-0.1, -0.05) is 0 Å². The van der Waals surface area contributed by atoms with Gasteiger partial charge in [-0.25, -0.2) is 0 Å². The summed E-state index contributed by atoms with van der Waals surface area (Å²) in [5.74, 6) is -3.55. The number of nitrogens with zero attached hydrogens (tertiary/aromatic N) is 1. The van der Waals surface area contributed by atoms with E-state index in [1.807, 2.05) is 0 Å². The Morgan fingerprint density at radius 1 is 1.11 bits per heavy atom. The number of rotatable bonds is 7. The van der Waals surface area contributed by atoms with E-state index in [9.17, 15) is 50.7 Å². The fraction of sp³-hybridized carbons (Fsp3) is 0.650. The quantitative estimate of drug-likeness (QED) is 0.131. The maximum absolute atomic E-state index is 12.2. The third kappa shape index (κ3) is 5.29. The molecule has 35 heavy (non-hydrogen) atoms. The minimum Gasteiger partial charge on any atom is -0.394 e. The van der Waals surface area contributed by atoms with Crippen molar-refractivity contribution < 1.29 is 61.0 Å². The lowest BCUT2D eigenvalue weighted by molar-refractivity contribution is -0.385. The lowest BCUT2D eigenvalue weighted by Crippen LogP contribution is -2.71. The lowest BCUT2D eigenvalue weighted by Gasteiger charge is -2.51. The van der Waals surface area contributed by atoms with Crippen molar-refractivity contribution in [1.82, 2.24) is 5.32 Å². The highest BCUT2D eigenvalue weighted by molar-refractivity contribution is 5.73. The number of carbonyl (C=O) groups is 1. The summed E-state index contributed by atoms with van der Waals surface area (Å²) in [6.07, 6.45) is -13.8. The molecule has 15 nitrogen and oxygen atoms in total. The largest absolute Gasteiger partial charge is 0.394 e. The Labute approximate surface area is 199 Å². The highest BCUT2D eigenvalue weighted by Gasteiger charge is 2.57. The molecule has 8 N–H and O–H groups in total. The predicted octanol–water partition coefficient (Wildman–Crippen LogP) is -3.82. The SMILES string of the molecule is [2H]CC(=O)N[C@@H]1[C@@H](OC2O[C@H](CO)[C@H](O)[C@H](O)[C@H]2O)[C@@H](O)[C@@H](CO)OC1(O)c1ccc([N+](=O)[O-])cc1. The van der Waals surface area contributed by atoms with E-state index >= 15 is 0 Å². The highest BCUT2D eigenvalue weighted by atomic mass is 16.7. The van der Waals surface area contributed by atoms with Crippen LogP contribution in [0.5, 0.6) is 0 Å². The number of amides is 1. The summed E-state index contributed by atoms with van der Waals surface area (Å²) in [5.41, 5.74) is -0.492. The van der Waals surface area contributed by atoms with Crippen molar-refractivity contribution in [3.63, 3.8) is 0 Å². The van der Waals surface area contributed by atoms with E-state index in [4.69, 9.17) is 15.6 Å². The second kappa shape index (κ2) is 10.8. The zero-order valence-corrected chi connectivity index (χ0v) is 18.2. The second-order valence-corrected chi connectivity index (χ2v) is 8.17. The number of carbonyl (C=O) groups excluding carboxylic acids is 1. The van der Waals surface area contributed by atoms with Gasteiger partial charge in [0.2, 0.25) is 11.7 Å². The molecule has 0 aliphatic carbocycles. The van der Waals surface area contributed by atoms with E-state index in [1.54, 1.807) is 0 Å². The molecule has 0 aromatic heterocycles. The summed E-state index contributed by atoms with van der Waals surface area (Å²) in [6.45, 7) is -2.48. The van der Waals surface area contributed by atoms with Crippen LogP contribution in [0.15, 0.2) is 24.3 Å². The van der Waals surface area contributed by atoms with Gasteiger partial charge in [0.05, 0.1) is 18.1 Å². The van der Waals surface area contributed by atoms with Gasteiger partial charge in [-0.2, -0.15) is 0 Å². The number of aliphatic hydroxyl groups excluding tert-OH is 6. The van der Waals surface area contributed by atoms with Crippen LogP contribution in [0.3, 0.4) is 0 Å². The average Bonchev–Trinajstić information content (AvgIpc) is 2.87. The molecule has 2 saturated heterocycles. The molecule has 0 saturated carbocycles. The van der Waals surface area contributed by atoms with Crippen LogP contribution in [0.1, 0.15) is 13.8 Å². The fourth-order valence-electron chi connectivity index (χ4n) is 4.07. The van der Waals surface area contributed by atoms with Crippen molar-refractivity contribution in [2.45, 2.75) is 67.7 Å². The normalized spacial score (nSPS) is 40.1. The maximum Gasteiger partial charge on any atom is 0.269 e. The third-order valence-electron chi connectivity index (χ3n) is 5.93. The number of nitro groups is 1. The molecule has 0 spiro atoms. The Balaban J connectivity index is 2.03. The number of nitrogens with one attached hydrogen (secondary N) is 1. The molecule has 0 bridgehead atoms. The third-order valence-corrected chi connectivity index (χ3v) is 5.93. The van der Waals surface area contributed by atoms with E-state index < -0.39 is 91.8 Å². The number of non-ortho nitro benzene ring substituents is 1. The highest BCUT2D eigenvalue weighted by Crippen LogP contribution is 2.39. The Morgan fingerprint density at radius 2 is 1.74 bits per heavy atom. The Kier molecular flexibility index (Phi) is 7.92. The van der Waals surface area contributed by atoms with Crippen LogP contribution in [-0.4, -0.2) is 115 Å². The number of nitro benzene ring substituents is 1. The number of hydrogen-bond acceptors (Lipinski definition) is 13. The molecule has 2 fully saturated rings. The van der Waals surface area contributed by atoms with Gasteiger partial charge in [-0.05, 0) is 12.1 Å². The van der Waals surface area contributed by atoms with E-state index in [-0.39, 0.29) is 11.3 Å². The molecular weight excluding hydrogens is 476 g/mol. The summed E-state index contributed by atoms with van der Waals surface area (Å²) in [5, 5.41) is 85.3. The summed E-state index contributed by atoms with van der Waals surface area (Å²) in [7, 11) is 0. The van der Waals surface area contributed by atoms with E-state index in [2.05, 4.69) is 5.32 Å². The average molecular weight is 505 g/mol. The molecule has 3 rings (SSSR count). The van der Waals surface area contributed by atoms with Gasteiger partial charge in [0, 0.05) is 26.0 Å². The number of aliphatic hydroxyl groups is 7. The minimum atomic E-state index is -2.59. The van der Waals surface area contributed by atoms with Gasteiger partial charge in [-0.3, -0.25) is 14.9 Å². The lowest BCUT2D eigenvalue weighted by atomic mass is 9.85. The first kappa shape index (κ1) is 25.8. The molecular formula is C20H28N2O13. The fourth-order valence-corrected chi connectivity index (χ4v) is 4.07. The van der Waals surface area contributed by atoms with Crippen molar-refractivity contribution in [2.24, 2.45) is 0 Å². The van der Waals surface area contributed by atoms with Crippen LogP contribution in [-0.2, 0) is 24.8 Å². The molecule has 1 amide bonds. The first-order valence-electron chi connectivity index (χ1n) is 11.2. The molecule has 2 heterocycles. The topological polar surface area (TPSA) is 242 Å². The van der Waals surface area contributed by atoms with Gasteiger partial charge in [0.15, 0.2) is 6.29 Å². The summed E-state index contributed by atoms with van der Waals surface area (Å²) in [6, 6.07) is 2.53. The molecule has 1 aromatic rings. The van der Waals surface area contributed by atoms with Crippen LogP contribution in [0.25, 0.3) is 0 Å². The van der Waals surface area contributed by atoms with E-state index in [0.717, 1.165) is 24.3 Å². The minimum absolute atomic E-state index is 0.156. The van der Waals surface area contributed by atoms with Gasteiger partial charge in [0.25, 0.3) is 5.69 Å². The van der Waals surface area contributed by atoms with Gasteiger partial charge < -0.3 is 55.3 Å². The van der Waals surface area contributed by atoms with Crippen LogP contribution in [0.2, 0.25) is 0 Å². The van der Waals surface area contributed by atoms with Crippen molar-refractivity contribution in [2.75, 3.05) is 13.2 Å². The maximum atomic E-state index is 12.2. The summed E-state index contributed by atoms with van der Waals surface area (Å²) in [4.78, 5) is 22.5. The van der Waals surface area contributed by atoms with Gasteiger partial charge in [0.1, 0.15) is 48.8 Å². The van der Waals surface area contributed by atoms with Crippen LogP contribution in [0.4, 0.5) is 5.69 Å². The molecule has 0 radical (unpaired) electrons. The van der Waals surface area contributed by atoms with Gasteiger partial charge >= 0.3 is 0 Å². The molecule has 196 valence electrons. The number of ether oxygens (including phenoxy) is 3. The van der Waals surface area contributed by atoms with E-state index in [1.165, 1.54) is 0 Å². The Bertz CT molecular complexity index is 921. The van der Waals surface area contributed by atoms with Crippen LogP contribution < -0.4 is 5.32 Å². The smallest absolute Gasteiger partial charge is 0.269 e.